The Bertz CT molecular complexity index is 727. The highest BCUT2D eigenvalue weighted by atomic mass is 16.2. The third kappa shape index (κ3) is 2.08. The normalized spacial score (nSPS) is 26.7. The fourth-order valence-corrected chi connectivity index (χ4v) is 3.76. The molecule has 2 aromatic rings. The minimum absolute atomic E-state index is 0.157. The highest BCUT2D eigenvalue weighted by Crippen LogP contribution is 2.49. The van der Waals surface area contributed by atoms with Crippen molar-refractivity contribution in [3.05, 3.63) is 36.3 Å². The molecular weight excluding hydrogens is 276 g/mol. The molecule has 1 aliphatic heterocycles. The molecule has 2 fully saturated rings. The van der Waals surface area contributed by atoms with Crippen LogP contribution in [-0.2, 0) is 10.3 Å². The summed E-state index contributed by atoms with van der Waals surface area (Å²) in [5.74, 6) is 1.38. The quantitative estimate of drug-likeness (QED) is 0.899. The molecule has 114 valence electrons. The Morgan fingerprint density at radius 2 is 1.95 bits per heavy atom. The molecule has 0 bridgehead atoms. The maximum Gasteiger partial charge on any atom is 0.224 e. The lowest BCUT2D eigenvalue weighted by molar-refractivity contribution is -0.124. The largest absolute Gasteiger partial charge is 0.345 e. The van der Waals surface area contributed by atoms with Crippen LogP contribution in [0.3, 0.4) is 0 Å². The van der Waals surface area contributed by atoms with Gasteiger partial charge in [-0.25, -0.2) is 9.97 Å². The first-order valence-electron chi connectivity index (χ1n) is 7.81. The summed E-state index contributed by atoms with van der Waals surface area (Å²) in [4.78, 5) is 21.3. The van der Waals surface area contributed by atoms with Crippen LogP contribution in [0, 0.1) is 17.8 Å². The Balaban J connectivity index is 1.61. The molecule has 1 unspecified atom stereocenters. The lowest BCUT2D eigenvalue weighted by atomic mass is 9.95. The second-order valence-electron chi connectivity index (χ2n) is 6.87. The minimum Gasteiger partial charge on any atom is -0.345 e. The number of para-hydroxylation sites is 1. The number of rotatable bonds is 3. The molecule has 5 nitrogen and oxygen atoms in total. The average Bonchev–Trinajstić information content (AvgIpc) is 3.00. The predicted octanol–water partition coefficient (Wildman–Crippen LogP) is 1.45. The fraction of sp³-hybridized carbons (Fsp3) is 0.471. The van der Waals surface area contributed by atoms with Crippen LogP contribution in [-0.4, -0.2) is 29.0 Å². The summed E-state index contributed by atoms with van der Waals surface area (Å²) in [5, 5.41) is 7.52. The highest BCUT2D eigenvalue weighted by molar-refractivity contribution is 5.85. The fourth-order valence-electron chi connectivity index (χ4n) is 3.76. The Morgan fingerprint density at radius 3 is 2.73 bits per heavy atom. The van der Waals surface area contributed by atoms with Crippen LogP contribution in [0.2, 0.25) is 0 Å². The summed E-state index contributed by atoms with van der Waals surface area (Å²) in [5.41, 5.74) is 1.27. The second kappa shape index (κ2) is 4.74. The molecule has 3 atom stereocenters. The summed E-state index contributed by atoms with van der Waals surface area (Å²) in [6.45, 7) is 5.96. The van der Waals surface area contributed by atoms with E-state index in [-0.39, 0.29) is 11.8 Å². The summed E-state index contributed by atoms with van der Waals surface area (Å²) in [6.07, 6.45) is 1.57. The molecule has 1 aromatic carbocycles. The van der Waals surface area contributed by atoms with Crippen LogP contribution >= 0.6 is 0 Å². The molecule has 5 heteroatoms. The lowest BCUT2D eigenvalue weighted by Crippen LogP contribution is -2.43. The lowest BCUT2D eigenvalue weighted by Gasteiger charge is -2.27. The van der Waals surface area contributed by atoms with E-state index in [4.69, 9.17) is 0 Å². The number of carbonyl (C=O) groups excluding carboxylic acids is 1. The summed E-state index contributed by atoms with van der Waals surface area (Å²) in [6, 6.07) is 7.91. The minimum atomic E-state index is -0.510. The predicted molar refractivity (Wildman–Crippen MR) is 84.0 cm³/mol. The van der Waals surface area contributed by atoms with Crippen LogP contribution in [0.15, 0.2) is 30.6 Å². The van der Waals surface area contributed by atoms with E-state index in [1.165, 1.54) is 0 Å². The van der Waals surface area contributed by atoms with Crippen molar-refractivity contribution in [1.29, 1.82) is 0 Å². The number of fused-ring (bicyclic) bond motifs is 2. The Hall–Kier alpha value is -2.01. The molecule has 22 heavy (non-hydrogen) atoms. The van der Waals surface area contributed by atoms with E-state index in [9.17, 15) is 4.79 Å². The number of amides is 1. The number of nitrogens with one attached hydrogen (secondary N) is 2. The average molecular weight is 296 g/mol. The SMILES string of the molecule is CC(C)(NC(=O)[C@H]1C2CNC[C@@H]21)c1ncnc2ccccc12. The van der Waals surface area contributed by atoms with Gasteiger partial charge >= 0.3 is 0 Å². The van der Waals surface area contributed by atoms with Gasteiger partial charge in [0.25, 0.3) is 0 Å². The van der Waals surface area contributed by atoms with E-state index in [1.54, 1.807) is 6.33 Å². The molecule has 1 saturated heterocycles. The van der Waals surface area contributed by atoms with Gasteiger partial charge < -0.3 is 10.6 Å². The number of aromatic nitrogens is 2. The topological polar surface area (TPSA) is 66.9 Å². The highest BCUT2D eigenvalue weighted by Gasteiger charge is 2.57. The van der Waals surface area contributed by atoms with Gasteiger partial charge in [0.2, 0.25) is 5.91 Å². The van der Waals surface area contributed by atoms with Crippen LogP contribution in [0.1, 0.15) is 19.5 Å². The maximum absolute atomic E-state index is 12.6. The summed E-state index contributed by atoms with van der Waals surface area (Å²) < 4.78 is 0. The molecular formula is C17H20N4O. The van der Waals surface area contributed by atoms with Crippen molar-refractivity contribution in [3.63, 3.8) is 0 Å². The molecule has 2 heterocycles. The van der Waals surface area contributed by atoms with Gasteiger partial charge in [-0.1, -0.05) is 18.2 Å². The molecule has 0 radical (unpaired) electrons. The number of hydrogen-bond acceptors (Lipinski definition) is 4. The third-order valence-corrected chi connectivity index (χ3v) is 4.96. The summed E-state index contributed by atoms with van der Waals surface area (Å²) in [7, 11) is 0. The van der Waals surface area contributed by atoms with Crippen LogP contribution in [0.25, 0.3) is 10.9 Å². The zero-order valence-electron chi connectivity index (χ0n) is 12.8. The number of benzene rings is 1. The van der Waals surface area contributed by atoms with Gasteiger partial charge in [-0.05, 0) is 44.8 Å². The smallest absolute Gasteiger partial charge is 0.224 e. The van der Waals surface area contributed by atoms with Gasteiger partial charge in [0, 0.05) is 11.3 Å². The van der Waals surface area contributed by atoms with E-state index in [0.29, 0.717) is 11.8 Å². The van der Waals surface area contributed by atoms with Crippen LogP contribution in [0.4, 0.5) is 0 Å². The first kappa shape index (κ1) is 13.6. The molecule has 1 aromatic heterocycles. The molecule has 2 aliphatic rings. The van der Waals surface area contributed by atoms with Crippen molar-refractivity contribution < 1.29 is 4.79 Å². The van der Waals surface area contributed by atoms with Crippen molar-refractivity contribution in [2.24, 2.45) is 17.8 Å². The summed E-state index contributed by atoms with van der Waals surface area (Å²) >= 11 is 0. The van der Waals surface area contributed by atoms with Gasteiger partial charge in [-0.15, -0.1) is 0 Å². The number of hydrogen-bond donors (Lipinski definition) is 2. The van der Waals surface area contributed by atoms with Crippen molar-refractivity contribution in [2.45, 2.75) is 19.4 Å². The Kier molecular flexibility index (Phi) is 2.94. The molecule has 2 N–H and O–H groups in total. The monoisotopic (exact) mass is 296 g/mol. The molecule has 1 saturated carbocycles. The van der Waals surface area contributed by atoms with E-state index in [0.717, 1.165) is 29.7 Å². The van der Waals surface area contributed by atoms with Crippen LogP contribution in [0.5, 0.6) is 0 Å². The third-order valence-electron chi connectivity index (χ3n) is 4.96. The van der Waals surface area contributed by atoms with Gasteiger partial charge in [-0.3, -0.25) is 4.79 Å². The maximum atomic E-state index is 12.6. The van der Waals surface area contributed by atoms with E-state index < -0.39 is 5.54 Å². The van der Waals surface area contributed by atoms with Gasteiger partial charge in [0.15, 0.2) is 0 Å². The molecule has 1 amide bonds. The van der Waals surface area contributed by atoms with E-state index >= 15 is 0 Å². The van der Waals surface area contributed by atoms with Gasteiger partial charge in [0.1, 0.15) is 6.33 Å². The molecule has 1 aliphatic carbocycles. The van der Waals surface area contributed by atoms with Gasteiger partial charge in [0.05, 0.1) is 16.7 Å². The first-order valence-corrected chi connectivity index (χ1v) is 7.81. The second-order valence-corrected chi connectivity index (χ2v) is 6.87. The van der Waals surface area contributed by atoms with Crippen LogP contribution < -0.4 is 10.6 Å². The van der Waals surface area contributed by atoms with Crippen molar-refractivity contribution in [2.75, 3.05) is 13.1 Å². The van der Waals surface area contributed by atoms with Crippen molar-refractivity contribution in [1.82, 2.24) is 20.6 Å². The Labute approximate surface area is 129 Å². The number of piperidine rings is 1. The van der Waals surface area contributed by atoms with E-state index in [1.807, 2.05) is 38.1 Å². The van der Waals surface area contributed by atoms with Gasteiger partial charge in [-0.2, -0.15) is 0 Å². The molecule has 4 rings (SSSR count). The van der Waals surface area contributed by atoms with Crippen molar-refractivity contribution in [3.8, 4) is 0 Å². The van der Waals surface area contributed by atoms with E-state index in [2.05, 4.69) is 20.6 Å². The molecule has 0 spiro atoms. The first-order chi connectivity index (χ1) is 10.6. The van der Waals surface area contributed by atoms with Crippen molar-refractivity contribution >= 4 is 16.8 Å². The Morgan fingerprint density at radius 1 is 1.23 bits per heavy atom. The standard InChI is InChI=1S/C17H20N4O/c1-17(2,21-16(22)14-11-7-18-8-12(11)14)15-10-5-3-4-6-13(10)19-9-20-15/h3-6,9,11-12,14,18H,7-8H2,1-2H3,(H,21,22)/t11-,12?,14+/m0/s1. The number of carbonyl (C=O) groups is 1. The number of nitrogens with zero attached hydrogens (tertiary/aromatic N) is 2. The zero-order valence-corrected chi connectivity index (χ0v) is 12.8. The zero-order chi connectivity index (χ0) is 15.3.